The molecule has 6 heteroatoms. The minimum absolute atomic E-state index is 0. The number of aliphatic imine (C=N–C) groups is 1. The van der Waals surface area contributed by atoms with E-state index in [0.717, 1.165) is 31.8 Å². The van der Waals surface area contributed by atoms with E-state index in [1.54, 1.807) is 7.05 Å². The van der Waals surface area contributed by atoms with Crippen molar-refractivity contribution in [2.45, 2.75) is 39.2 Å². The van der Waals surface area contributed by atoms with Gasteiger partial charge < -0.3 is 10.6 Å². The molecule has 0 saturated heterocycles. The highest BCUT2D eigenvalue weighted by Gasteiger charge is 2.02. The Labute approximate surface area is 133 Å². The van der Waals surface area contributed by atoms with Gasteiger partial charge in [-0.05, 0) is 31.7 Å². The predicted molar refractivity (Wildman–Crippen MR) is 91.2 cm³/mol. The van der Waals surface area contributed by atoms with E-state index < -0.39 is 0 Å². The van der Waals surface area contributed by atoms with Crippen LogP contribution in [0.15, 0.2) is 17.4 Å². The van der Waals surface area contributed by atoms with Crippen LogP contribution < -0.4 is 10.6 Å². The summed E-state index contributed by atoms with van der Waals surface area (Å²) in [5.74, 6) is 0.885. The molecule has 1 aromatic rings. The number of rotatable bonds is 6. The summed E-state index contributed by atoms with van der Waals surface area (Å²) in [4.78, 5) is 4.20. The first-order valence-electron chi connectivity index (χ1n) is 6.60. The van der Waals surface area contributed by atoms with Gasteiger partial charge in [0.15, 0.2) is 5.96 Å². The number of hydrogen-bond acceptors (Lipinski definition) is 2. The summed E-state index contributed by atoms with van der Waals surface area (Å²) >= 11 is 0. The van der Waals surface area contributed by atoms with Crippen molar-refractivity contribution in [3.05, 3.63) is 18.0 Å². The Bertz CT molecular complexity index is 375. The topological polar surface area (TPSA) is 54.2 Å². The van der Waals surface area contributed by atoms with Gasteiger partial charge in [-0.2, -0.15) is 5.10 Å². The van der Waals surface area contributed by atoms with E-state index in [1.807, 2.05) is 17.9 Å². The Balaban J connectivity index is 0.00000324. The highest BCUT2D eigenvalue weighted by atomic mass is 127. The number of nitrogens with zero attached hydrogens (tertiary/aromatic N) is 3. The Morgan fingerprint density at radius 1 is 1.53 bits per heavy atom. The normalized spacial score (nSPS) is 12.7. The van der Waals surface area contributed by atoms with Gasteiger partial charge in [0.05, 0.1) is 6.20 Å². The van der Waals surface area contributed by atoms with Crippen molar-refractivity contribution in [1.29, 1.82) is 0 Å². The fourth-order valence-electron chi connectivity index (χ4n) is 1.63. The molecule has 1 rings (SSSR count). The summed E-state index contributed by atoms with van der Waals surface area (Å²) in [6.07, 6.45) is 7.20. The SMILES string of the molecule is CCC(C)NC(=NC)NCCCc1cnn(C)c1.I. The minimum Gasteiger partial charge on any atom is -0.356 e. The van der Waals surface area contributed by atoms with Gasteiger partial charge in [0.2, 0.25) is 0 Å². The number of aryl methyl sites for hydroxylation is 2. The number of nitrogens with one attached hydrogen (secondary N) is 2. The van der Waals surface area contributed by atoms with Gasteiger partial charge in [0, 0.05) is 32.9 Å². The Kier molecular flexibility index (Phi) is 9.63. The Morgan fingerprint density at radius 2 is 2.26 bits per heavy atom. The van der Waals surface area contributed by atoms with Gasteiger partial charge >= 0.3 is 0 Å². The van der Waals surface area contributed by atoms with Crippen molar-refractivity contribution < 1.29 is 0 Å². The molecule has 1 unspecified atom stereocenters. The van der Waals surface area contributed by atoms with Crippen LogP contribution in [0.4, 0.5) is 0 Å². The zero-order valence-corrected chi connectivity index (χ0v) is 14.6. The Morgan fingerprint density at radius 3 is 2.79 bits per heavy atom. The first kappa shape index (κ1) is 18.2. The maximum Gasteiger partial charge on any atom is 0.191 e. The summed E-state index contributed by atoms with van der Waals surface area (Å²) in [5.41, 5.74) is 1.28. The quantitative estimate of drug-likeness (QED) is 0.344. The third kappa shape index (κ3) is 7.39. The summed E-state index contributed by atoms with van der Waals surface area (Å²) in [6.45, 7) is 5.24. The summed E-state index contributed by atoms with van der Waals surface area (Å²) in [6, 6.07) is 0.453. The van der Waals surface area contributed by atoms with Crippen LogP contribution in [-0.2, 0) is 13.5 Å². The minimum atomic E-state index is 0. The van der Waals surface area contributed by atoms with Crippen molar-refractivity contribution in [2.75, 3.05) is 13.6 Å². The fourth-order valence-corrected chi connectivity index (χ4v) is 1.63. The molecule has 110 valence electrons. The number of aromatic nitrogens is 2. The van der Waals surface area contributed by atoms with E-state index in [9.17, 15) is 0 Å². The largest absolute Gasteiger partial charge is 0.356 e. The molecule has 1 atom stereocenters. The van der Waals surface area contributed by atoms with E-state index in [2.05, 4.69) is 40.8 Å². The lowest BCUT2D eigenvalue weighted by atomic mass is 10.2. The van der Waals surface area contributed by atoms with Crippen LogP contribution >= 0.6 is 24.0 Å². The molecule has 19 heavy (non-hydrogen) atoms. The summed E-state index contributed by atoms with van der Waals surface area (Å²) < 4.78 is 1.84. The zero-order chi connectivity index (χ0) is 13.4. The third-order valence-electron chi connectivity index (χ3n) is 2.91. The van der Waals surface area contributed by atoms with Gasteiger partial charge in [-0.3, -0.25) is 9.67 Å². The number of guanidine groups is 1. The standard InChI is InChI=1S/C13H25N5.HI/c1-5-11(2)17-13(14-3)15-8-6-7-12-9-16-18(4)10-12;/h9-11H,5-8H2,1-4H3,(H2,14,15,17);1H. The lowest BCUT2D eigenvalue weighted by Crippen LogP contribution is -2.42. The second-order valence-electron chi connectivity index (χ2n) is 4.58. The van der Waals surface area contributed by atoms with Gasteiger partial charge in [-0.25, -0.2) is 0 Å². The average molecular weight is 379 g/mol. The monoisotopic (exact) mass is 379 g/mol. The smallest absolute Gasteiger partial charge is 0.191 e. The highest BCUT2D eigenvalue weighted by Crippen LogP contribution is 1.99. The molecule has 0 saturated carbocycles. The van der Waals surface area contributed by atoms with E-state index in [4.69, 9.17) is 0 Å². The average Bonchev–Trinajstić information content (AvgIpc) is 2.78. The van der Waals surface area contributed by atoms with Crippen LogP contribution in [0.3, 0.4) is 0 Å². The molecule has 0 radical (unpaired) electrons. The van der Waals surface area contributed by atoms with Crippen LogP contribution in [0.2, 0.25) is 0 Å². The van der Waals surface area contributed by atoms with Crippen molar-refractivity contribution in [3.8, 4) is 0 Å². The van der Waals surface area contributed by atoms with Crippen molar-refractivity contribution in [2.24, 2.45) is 12.0 Å². The molecular formula is C13H26IN5. The molecule has 0 fully saturated rings. The maximum absolute atomic E-state index is 4.20. The van der Waals surface area contributed by atoms with Gasteiger partial charge in [0.1, 0.15) is 0 Å². The molecule has 0 aliphatic heterocycles. The van der Waals surface area contributed by atoms with E-state index >= 15 is 0 Å². The van der Waals surface area contributed by atoms with Crippen LogP contribution in [0.25, 0.3) is 0 Å². The molecule has 0 bridgehead atoms. The van der Waals surface area contributed by atoms with Gasteiger partial charge in [-0.15, -0.1) is 24.0 Å². The predicted octanol–water partition coefficient (Wildman–Crippen LogP) is 1.93. The Hall–Kier alpha value is -0.790. The number of halogens is 1. The molecule has 1 heterocycles. The van der Waals surface area contributed by atoms with E-state index in [1.165, 1.54) is 5.56 Å². The van der Waals surface area contributed by atoms with Gasteiger partial charge in [-0.1, -0.05) is 6.92 Å². The lowest BCUT2D eigenvalue weighted by Gasteiger charge is -2.16. The fraction of sp³-hybridized carbons (Fsp3) is 0.692. The molecular weight excluding hydrogens is 353 g/mol. The van der Waals surface area contributed by atoms with Crippen LogP contribution in [0.5, 0.6) is 0 Å². The van der Waals surface area contributed by atoms with Crippen LogP contribution in [-0.4, -0.2) is 35.4 Å². The lowest BCUT2D eigenvalue weighted by molar-refractivity contribution is 0.620. The molecule has 5 nitrogen and oxygen atoms in total. The van der Waals surface area contributed by atoms with E-state index in [-0.39, 0.29) is 24.0 Å². The third-order valence-corrected chi connectivity index (χ3v) is 2.91. The first-order valence-corrected chi connectivity index (χ1v) is 6.60. The zero-order valence-electron chi connectivity index (χ0n) is 12.3. The van der Waals surface area contributed by atoms with Gasteiger partial charge in [0.25, 0.3) is 0 Å². The molecule has 0 aromatic carbocycles. The maximum atomic E-state index is 4.20. The molecule has 0 amide bonds. The molecule has 0 aliphatic carbocycles. The summed E-state index contributed by atoms with van der Waals surface area (Å²) in [5, 5.41) is 10.8. The first-order chi connectivity index (χ1) is 8.65. The van der Waals surface area contributed by atoms with Crippen molar-refractivity contribution >= 4 is 29.9 Å². The van der Waals surface area contributed by atoms with Crippen molar-refractivity contribution in [3.63, 3.8) is 0 Å². The molecule has 2 N–H and O–H groups in total. The highest BCUT2D eigenvalue weighted by molar-refractivity contribution is 14.0. The van der Waals surface area contributed by atoms with E-state index in [0.29, 0.717) is 6.04 Å². The second kappa shape index (κ2) is 10.1. The molecule has 1 aromatic heterocycles. The number of hydrogen-bond donors (Lipinski definition) is 2. The second-order valence-corrected chi connectivity index (χ2v) is 4.58. The van der Waals surface area contributed by atoms with Crippen LogP contribution in [0, 0.1) is 0 Å². The summed E-state index contributed by atoms with van der Waals surface area (Å²) in [7, 11) is 3.75. The molecule has 0 spiro atoms. The van der Waals surface area contributed by atoms with Crippen LogP contribution in [0.1, 0.15) is 32.3 Å². The molecule has 0 aliphatic rings. The van der Waals surface area contributed by atoms with Crippen molar-refractivity contribution in [1.82, 2.24) is 20.4 Å².